The lowest BCUT2D eigenvalue weighted by molar-refractivity contribution is 0.265. The van der Waals surface area contributed by atoms with Crippen molar-refractivity contribution in [1.82, 2.24) is 5.32 Å². The highest BCUT2D eigenvalue weighted by molar-refractivity contribution is 5.14. The van der Waals surface area contributed by atoms with Gasteiger partial charge in [0, 0.05) is 6.04 Å². The zero-order valence-electron chi connectivity index (χ0n) is 13.3. The Balaban J connectivity index is 1.57. The van der Waals surface area contributed by atoms with Crippen LogP contribution in [0.1, 0.15) is 57.9 Å². The molecule has 0 heterocycles. The van der Waals surface area contributed by atoms with Gasteiger partial charge in [0.05, 0.1) is 0 Å². The maximum Gasteiger partial charge on any atom is 0.00418 e. The van der Waals surface area contributed by atoms with Crippen molar-refractivity contribution in [2.24, 2.45) is 11.8 Å². The monoisotopic (exact) mass is 273 g/mol. The molecule has 1 aromatic rings. The van der Waals surface area contributed by atoms with Crippen LogP contribution in [0.5, 0.6) is 0 Å². The first-order valence-corrected chi connectivity index (χ1v) is 8.51. The summed E-state index contributed by atoms with van der Waals surface area (Å²) < 4.78 is 0. The van der Waals surface area contributed by atoms with Crippen molar-refractivity contribution >= 4 is 0 Å². The van der Waals surface area contributed by atoms with Crippen LogP contribution in [0.25, 0.3) is 0 Å². The molecule has 1 fully saturated rings. The van der Waals surface area contributed by atoms with Gasteiger partial charge in [0.15, 0.2) is 0 Å². The average Bonchev–Trinajstić information content (AvgIpc) is 2.46. The molecular formula is C19H31N. The van der Waals surface area contributed by atoms with E-state index in [1.807, 2.05) is 0 Å². The summed E-state index contributed by atoms with van der Waals surface area (Å²) in [5.41, 5.74) is 1.46. The Morgan fingerprint density at radius 2 is 2.00 bits per heavy atom. The van der Waals surface area contributed by atoms with Crippen molar-refractivity contribution in [2.45, 2.75) is 64.8 Å². The highest BCUT2D eigenvalue weighted by Gasteiger charge is 2.18. The molecule has 2 rings (SSSR count). The minimum absolute atomic E-state index is 0.635. The average molecular weight is 273 g/mol. The van der Waals surface area contributed by atoms with Crippen molar-refractivity contribution in [3.8, 4) is 0 Å². The predicted molar refractivity (Wildman–Crippen MR) is 88.0 cm³/mol. The van der Waals surface area contributed by atoms with Gasteiger partial charge in [0.2, 0.25) is 0 Å². The highest BCUT2D eigenvalue weighted by atomic mass is 14.9. The van der Waals surface area contributed by atoms with Crippen LogP contribution in [-0.4, -0.2) is 12.6 Å². The third-order valence-corrected chi connectivity index (χ3v) is 4.80. The molecule has 1 aliphatic rings. The molecule has 0 bridgehead atoms. The summed E-state index contributed by atoms with van der Waals surface area (Å²) in [7, 11) is 0. The molecule has 0 radical (unpaired) electrons. The van der Waals surface area contributed by atoms with Gasteiger partial charge < -0.3 is 5.32 Å². The normalized spacial score (nSPS) is 24.5. The summed E-state index contributed by atoms with van der Waals surface area (Å²) >= 11 is 0. The summed E-state index contributed by atoms with van der Waals surface area (Å²) in [6.07, 6.45) is 9.64. The highest BCUT2D eigenvalue weighted by Crippen LogP contribution is 2.30. The van der Waals surface area contributed by atoms with E-state index in [9.17, 15) is 0 Å². The van der Waals surface area contributed by atoms with Crippen LogP contribution in [0.3, 0.4) is 0 Å². The Hall–Kier alpha value is -0.820. The molecule has 1 N–H and O–H groups in total. The number of aryl methyl sites for hydroxylation is 1. The van der Waals surface area contributed by atoms with Crippen molar-refractivity contribution < 1.29 is 0 Å². The van der Waals surface area contributed by atoms with Crippen LogP contribution in [0.2, 0.25) is 0 Å². The van der Waals surface area contributed by atoms with Gasteiger partial charge in [-0.3, -0.25) is 0 Å². The minimum Gasteiger partial charge on any atom is -0.314 e. The maximum atomic E-state index is 3.71. The molecule has 3 unspecified atom stereocenters. The molecule has 0 amide bonds. The maximum absolute atomic E-state index is 3.71. The molecule has 1 nitrogen and oxygen atoms in total. The van der Waals surface area contributed by atoms with E-state index in [0.717, 1.165) is 11.8 Å². The Kier molecular flexibility index (Phi) is 6.59. The smallest absolute Gasteiger partial charge is 0.00418 e. The molecule has 1 aliphatic carbocycles. The number of rotatable bonds is 7. The van der Waals surface area contributed by atoms with Gasteiger partial charge in [-0.1, -0.05) is 56.5 Å². The molecule has 0 spiro atoms. The van der Waals surface area contributed by atoms with Crippen molar-refractivity contribution in [1.29, 1.82) is 0 Å². The largest absolute Gasteiger partial charge is 0.314 e. The van der Waals surface area contributed by atoms with E-state index < -0.39 is 0 Å². The molecule has 20 heavy (non-hydrogen) atoms. The first kappa shape index (κ1) is 15.6. The number of benzene rings is 1. The summed E-state index contributed by atoms with van der Waals surface area (Å²) in [5.74, 6) is 1.94. The summed E-state index contributed by atoms with van der Waals surface area (Å²) in [4.78, 5) is 0. The van der Waals surface area contributed by atoms with E-state index in [2.05, 4.69) is 49.5 Å². The molecule has 0 saturated heterocycles. The first-order valence-electron chi connectivity index (χ1n) is 8.51. The van der Waals surface area contributed by atoms with Crippen molar-refractivity contribution in [2.75, 3.05) is 6.54 Å². The summed E-state index contributed by atoms with van der Waals surface area (Å²) in [6, 6.07) is 11.5. The zero-order valence-corrected chi connectivity index (χ0v) is 13.3. The lowest BCUT2D eigenvalue weighted by Crippen LogP contribution is -2.29. The number of hydrogen-bond donors (Lipinski definition) is 1. The Morgan fingerprint density at radius 3 is 2.75 bits per heavy atom. The molecule has 0 aromatic heterocycles. The van der Waals surface area contributed by atoms with E-state index in [1.54, 1.807) is 0 Å². The van der Waals surface area contributed by atoms with E-state index >= 15 is 0 Å². The minimum atomic E-state index is 0.635. The van der Waals surface area contributed by atoms with Gasteiger partial charge in [0.25, 0.3) is 0 Å². The van der Waals surface area contributed by atoms with Crippen LogP contribution in [0.15, 0.2) is 30.3 Å². The fourth-order valence-electron chi connectivity index (χ4n) is 3.49. The van der Waals surface area contributed by atoms with Crippen LogP contribution in [0, 0.1) is 11.8 Å². The molecular weight excluding hydrogens is 242 g/mol. The van der Waals surface area contributed by atoms with Crippen LogP contribution in [0.4, 0.5) is 0 Å². The molecule has 1 heteroatoms. The Labute approximate surface area is 125 Å². The first-order chi connectivity index (χ1) is 9.74. The van der Waals surface area contributed by atoms with E-state index in [0.29, 0.717) is 6.04 Å². The van der Waals surface area contributed by atoms with Gasteiger partial charge in [-0.2, -0.15) is 0 Å². The number of hydrogen-bond acceptors (Lipinski definition) is 1. The van der Waals surface area contributed by atoms with E-state index in [-0.39, 0.29) is 0 Å². The Morgan fingerprint density at radius 1 is 1.20 bits per heavy atom. The summed E-state index contributed by atoms with van der Waals surface area (Å²) in [5, 5.41) is 3.71. The lowest BCUT2D eigenvalue weighted by Gasteiger charge is -2.27. The van der Waals surface area contributed by atoms with Gasteiger partial charge in [-0.05, 0) is 56.6 Å². The van der Waals surface area contributed by atoms with Gasteiger partial charge >= 0.3 is 0 Å². The quantitative estimate of drug-likeness (QED) is 0.751. The van der Waals surface area contributed by atoms with Crippen LogP contribution >= 0.6 is 0 Å². The predicted octanol–water partition coefficient (Wildman–Crippen LogP) is 4.81. The zero-order chi connectivity index (χ0) is 14.2. The van der Waals surface area contributed by atoms with Crippen LogP contribution < -0.4 is 5.32 Å². The SMILES string of the molecule is CC1CCCC(CCNC(C)CCc2ccccc2)C1. The number of nitrogens with one attached hydrogen (secondary N) is 1. The second-order valence-electron chi connectivity index (χ2n) is 6.81. The second-order valence-corrected chi connectivity index (χ2v) is 6.81. The molecule has 112 valence electrons. The van der Waals surface area contributed by atoms with Gasteiger partial charge in [-0.15, -0.1) is 0 Å². The topological polar surface area (TPSA) is 12.0 Å². The van der Waals surface area contributed by atoms with E-state index in [4.69, 9.17) is 0 Å². The molecule has 1 aromatic carbocycles. The third kappa shape index (κ3) is 5.66. The molecule has 3 atom stereocenters. The summed E-state index contributed by atoms with van der Waals surface area (Å²) in [6.45, 7) is 5.95. The van der Waals surface area contributed by atoms with Crippen molar-refractivity contribution in [3.05, 3.63) is 35.9 Å². The van der Waals surface area contributed by atoms with Crippen molar-refractivity contribution in [3.63, 3.8) is 0 Å². The fraction of sp³-hybridized carbons (Fsp3) is 0.684. The van der Waals surface area contributed by atoms with Crippen LogP contribution in [-0.2, 0) is 6.42 Å². The van der Waals surface area contributed by atoms with Gasteiger partial charge in [0.1, 0.15) is 0 Å². The fourth-order valence-corrected chi connectivity index (χ4v) is 3.49. The lowest BCUT2D eigenvalue weighted by atomic mass is 9.81. The Bertz CT molecular complexity index is 359. The molecule has 1 saturated carbocycles. The van der Waals surface area contributed by atoms with Gasteiger partial charge in [-0.25, -0.2) is 0 Å². The van der Waals surface area contributed by atoms with E-state index in [1.165, 1.54) is 57.1 Å². The standard InChI is InChI=1S/C19H31N/c1-16-7-6-10-19(15-16)13-14-20-17(2)11-12-18-8-4-3-5-9-18/h3-5,8-9,16-17,19-20H,6-7,10-15H2,1-2H3. The molecule has 0 aliphatic heterocycles. The third-order valence-electron chi connectivity index (χ3n) is 4.80. The second kappa shape index (κ2) is 8.46.